The van der Waals surface area contributed by atoms with Crippen LogP contribution in [0.15, 0.2) is 218 Å². The summed E-state index contributed by atoms with van der Waals surface area (Å²) in [5.41, 5.74) is 11.7. The Bertz CT molecular complexity index is 3170. The van der Waals surface area contributed by atoms with Gasteiger partial charge in [-0.05, 0) is 121 Å². The first-order valence-corrected chi connectivity index (χ1v) is 19.3. The number of hydrogen-bond acceptors (Lipinski definition) is 1. The Morgan fingerprint density at radius 1 is 0.286 bits per heavy atom. The van der Waals surface area contributed by atoms with E-state index in [1.54, 1.807) is 0 Å². The molecule has 56 heavy (non-hydrogen) atoms. The number of rotatable bonds is 6. The Hall–Kier alpha value is -7.42. The van der Waals surface area contributed by atoms with Crippen LogP contribution in [0.1, 0.15) is 0 Å². The molecule has 10 aromatic carbocycles. The Labute approximate surface area is 325 Å². The Morgan fingerprint density at radius 3 is 1.36 bits per heavy atom. The molecule has 1 aromatic heterocycles. The van der Waals surface area contributed by atoms with E-state index in [0.29, 0.717) is 0 Å². The van der Waals surface area contributed by atoms with Crippen molar-refractivity contribution in [2.24, 2.45) is 0 Å². The van der Waals surface area contributed by atoms with Crippen LogP contribution in [0.25, 0.3) is 82.1 Å². The second kappa shape index (κ2) is 13.2. The van der Waals surface area contributed by atoms with Crippen LogP contribution in [0.3, 0.4) is 0 Å². The van der Waals surface area contributed by atoms with Crippen LogP contribution in [0, 0.1) is 0 Å². The third kappa shape index (κ3) is 5.26. The minimum atomic E-state index is 1.09. The van der Waals surface area contributed by atoms with Gasteiger partial charge in [-0.3, -0.25) is 0 Å². The topological polar surface area (TPSA) is 8.17 Å². The molecule has 11 rings (SSSR count). The standard InChI is InChI=1S/C54H36N2/c1-3-15-45-37(12-1)14-11-21-46(45)38-24-28-41(29-25-38)55(43-32-34-44(35-33-43)56-53-22-9-7-19-50(53)51-20-8-10-23-54(51)56)42-30-26-39(27-31-42)52-36-40-13-2-4-16-47(40)48-17-5-6-18-49(48)52/h1-36H. The Morgan fingerprint density at radius 2 is 0.732 bits per heavy atom. The molecule has 2 nitrogen and oxygen atoms in total. The van der Waals surface area contributed by atoms with Gasteiger partial charge in [0.05, 0.1) is 11.0 Å². The van der Waals surface area contributed by atoms with Crippen molar-refractivity contribution in [3.63, 3.8) is 0 Å². The third-order valence-electron chi connectivity index (χ3n) is 11.4. The quantitative estimate of drug-likeness (QED) is 0.156. The van der Waals surface area contributed by atoms with E-state index in [2.05, 4.69) is 228 Å². The number of benzene rings is 10. The van der Waals surface area contributed by atoms with Gasteiger partial charge in [0.15, 0.2) is 0 Å². The minimum Gasteiger partial charge on any atom is -0.311 e. The smallest absolute Gasteiger partial charge is 0.0541 e. The number of nitrogens with zero attached hydrogens (tertiary/aromatic N) is 2. The SMILES string of the molecule is c1ccc2c(-c3ccc(N(c4ccc(-c5cc6ccccc6c6ccccc56)cc4)c4ccc(-n5c6ccccc6c6ccccc65)cc4)cc3)cccc2c1. The van der Waals surface area contributed by atoms with Gasteiger partial charge in [-0.1, -0.05) is 152 Å². The van der Waals surface area contributed by atoms with E-state index >= 15 is 0 Å². The van der Waals surface area contributed by atoms with Gasteiger partial charge < -0.3 is 9.47 Å². The van der Waals surface area contributed by atoms with Gasteiger partial charge in [0.2, 0.25) is 0 Å². The van der Waals surface area contributed by atoms with Crippen molar-refractivity contribution in [1.29, 1.82) is 0 Å². The van der Waals surface area contributed by atoms with Crippen molar-refractivity contribution in [3.8, 4) is 27.9 Å². The van der Waals surface area contributed by atoms with Gasteiger partial charge in [0.25, 0.3) is 0 Å². The van der Waals surface area contributed by atoms with Crippen LogP contribution in [-0.4, -0.2) is 4.57 Å². The molecule has 0 amide bonds. The van der Waals surface area contributed by atoms with Crippen molar-refractivity contribution in [3.05, 3.63) is 218 Å². The predicted octanol–water partition coefficient (Wildman–Crippen LogP) is 15.0. The van der Waals surface area contributed by atoms with Crippen LogP contribution >= 0.6 is 0 Å². The summed E-state index contributed by atoms with van der Waals surface area (Å²) in [7, 11) is 0. The lowest BCUT2D eigenvalue weighted by Gasteiger charge is -2.26. The number of fused-ring (bicyclic) bond motifs is 7. The molecule has 0 atom stereocenters. The van der Waals surface area contributed by atoms with Gasteiger partial charge in [-0.2, -0.15) is 0 Å². The van der Waals surface area contributed by atoms with Crippen LogP contribution in [-0.2, 0) is 0 Å². The molecule has 0 fully saturated rings. The van der Waals surface area contributed by atoms with E-state index in [4.69, 9.17) is 0 Å². The highest BCUT2D eigenvalue weighted by Gasteiger charge is 2.17. The van der Waals surface area contributed by atoms with Gasteiger partial charge in [-0.25, -0.2) is 0 Å². The normalized spacial score (nSPS) is 11.6. The number of para-hydroxylation sites is 2. The van der Waals surface area contributed by atoms with Crippen LogP contribution in [0.4, 0.5) is 17.1 Å². The summed E-state index contributed by atoms with van der Waals surface area (Å²) in [6.45, 7) is 0. The maximum atomic E-state index is 2.38. The van der Waals surface area contributed by atoms with Gasteiger partial charge in [0.1, 0.15) is 0 Å². The second-order valence-electron chi connectivity index (χ2n) is 14.5. The van der Waals surface area contributed by atoms with E-state index in [-0.39, 0.29) is 0 Å². The molecule has 1 heterocycles. The lowest BCUT2D eigenvalue weighted by molar-refractivity contribution is 1.17. The molecule has 0 radical (unpaired) electrons. The van der Waals surface area contributed by atoms with Gasteiger partial charge in [-0.15, -0.1) is 0 Å². The van der Waals surface area contributed by atoms with Crippen LogP contribution in [0.2, 0.25) is 0 Å². The Kier molecular flexibility index (Phi) is 7.53. The molecule has 0 aliphatic rings. The first-order valence-electron chi connectivity index (χ1n) is 19.3. The van der Waals surface area contributed by atoms with E-state index < -0.39 is 0 Å². The van der Waals surface area contributed by atoms with Crippen LogP contribution in [0.5, 0.6) is 0 Å². The molecule has 0 aliphatic carbocycles. The summed E-state index contributed by atoms with van der Waals surface area (Å²) in [5.74, 6) is 0. The number of aromatic nitrogens is 1. The zero-order valence-corrected chi connectivity index (χ0v) is 30.7. The highest BCUT2D eigenvalue weighted by atomic mass is 15.1. The fourth-order valence-corrected chi connectivity index (χ4v) is 8.75. The summed E-state index contributed by atoms with van der Waals surface area (Å²) in [5, 5.41) is 10.1. The highest BCUT2D eigenvalue weighted by molar-refractivity contribution is 6.14. The number of anilines is 3. The molecule has 0 aliphatic heterocycles. The summed E-state index contributed by atoms with van der Waals surface area (Å²) < 4.78 is 2.38. The largest absolute Gasteiger partial charge is 0.311 e. The first-order chi connectivity index (χ1) is 27.8. The minimum absolute atomic E-state index is 1.09. The van der Waals surface area contributed by atoms with E-state index in [0.717, 1.165) is 22.7 Å². The van der Waals surface area contributed by atoms with E-state index in [1.165, 1.54) is 76.4 Å². The highest BCUT2D eigenvalue weighted by Crippen LogP contribution is 2.41. The van der Waals surface area contributed by atoms with Crippen molar-refractivity contribution < 1.29 is 0 Å². The zero-order valence-electron chi connectivity index (χ0n) is 30.7. The van der Waals surface area contributed by atoms with Crippen molar-refractivity contribution in [2.75, 3.05) is 4.90 Å². The molecule has 0 saturated carbocycles. The lowest BCUT2D eigenvalue weighted by Crippen LogP contribution is -2.10. The molecule has 0 unspecified atom stereocenters. The fraction of sp³-hybridized carbons (Fsp3) is 0. The van der Waals surface area contributed by atoms with E-state index in [9.17, 15) is 0 Å². The average molecular weight is 713 g/mol. The second-order valence-corrected chi connectivity index (χ2v) is 14.5. The van der Waals surface area contributed by atoms with E-state index in [1.807, 2.05) is 0 Å². The lowest BCUT2D eigenvalue weighted by atomic mass is 9.93. The molecule has 0 N–H and O–H groups in total. The summed E-state index contributed by atoms with van der Waals surface area (Å²) in [4.78, 5) is 2.37. The molecular formula is C54H36N2. The van der Waals surface area contributed by atoms with Gasteiger partial charge in [0, 0.05) is 33.5 Å². The zero-order chi connectivity index (χ0) is 37.0. The average Bonchev–Trinajstić information content (AvgIpc) is 3.61. The molecule has 2 heteroatoms. The maximum Gasteiger partial charge on any atom is 0.0541 e. The van der Waals surface area contributed by atoms with Crippen molar-refractivity contribution in [2.45, 2.75) is 0 Å². The molecule has 0 bridgehead atoms. The molecular weight excluding hydrogens is 677 g/mol. The van der Waals surface area contributed by atoms with Crippen molar-refractivity contribution in [1.82, 2.24) is 4.57 Å². The predicted molar refractivity (Wildman–Crippen MR) is 239 cm³/mol. The maximum absolute atomic E-state index is 2.38. The Balaban J connectivity index is 1.03. The monoisotopic (exact) mass is 712 g/mol. The molecule has 0 spiro atoms. The molecule has 262 valence electrons. The number of hydrogen-bond donors (Lipinski definition) is 0. The summed E-state index contributed by atoms with van der Waals surface area (Å²) >= 11 is 0. The molecule has 0 saturated heterocycles. The fourth-order valence-electron chi connectivity index (χ4n) is 8.75. The van der Waals surface area contributed by atoms with Crippen LogP contribution < -0.4 is 4.90 Å². The van der Waals surface area contributed by atoms with Gasteiger partial charge >= 0.3 is 0 Å². The third-order valence-corrected chi connectivity index (χ3v) is 11.4. The summed E-state index contributed by atoms with van der Waals surface area (Å²) in [6.07, 6.45) is 0. The first kappa shape index (κ1) is 32.0. The molecule has 11 aromatic rings. The van der Waals surface area contributed by atoms with Crippen molar-refractivity contribution >= 4 is 71.2 Å². The summed E-state index contributed by atoms with van der Waals surface area (Å²) in [6, 6.07) is 79.4.